The van der Waals surface area contributed by atoms with E-state index in [4.69, 9.17) is 5.41 Å². The summed E-state index contributed by atoms with van der Waals surface area (Å²) < 4.78 is 0. The van der Waals surface area contributed by atoms with E-state index in [9.17, 15) is 0 Å². The molecule has 0 saturated heterocycles. The maximum atomic E-state index is 7.64. The Hall–Kier alpha value is -0.930. The minimum absolute atomic E-state index is 0.720. The molecule has 0 saturated carbocycles. The first-order chi connectivity index (χ1) is 7.81. The maximum absolute atomic E-state index is 7.64. The average molecular weight is 247 g/mol. The molecule has 2 rings (SSSR count). The van der Waals surface area contributed by atoms with Crippen molar-refractivity contribution in [1.82, 2.24) is 0 Å². The Morgan fingerprint density at radius 2 is 1.88 bits per heavy atom. The molecule has 0 amide bonds. The van der Waals surface area contributed by atoms with Crippen LogP contribution in [-0.4, -0.2) is 5.04 Å². The van der Waals surface area contributed by atoms with Gasteiger partial charge in [-0.1, -0.05) is 54.1 Å². The zero-order valence-corrected chi connectivity index (χ0v) is 10.7. The van der Waals surface area contributed by atoms with E-state index in [1.165, 1.54) is 15.7 Å². The van der Waals surface area contributed by atoms with E-state index in [2.05, 4.69) is 42.5 Å². The lowest BCUT2D eigenvalue weighted by molar-refractivity contribution is 1.28. The SMILES string of the molecule is CCC(=N)SSc1cccc2ccccc12. The van der Waals surface area contributed by atoms with E-state index in [0.717, 1.165) is 11.5 Å². The van der Waals surface area contributed by atoms with Crippen LogP contribution in [0.3, 0.4) is 0 Å². The second-order valence-electron chi connectivity index (χ2n) is 3.42. The van der Waals surface area contributed by atoms with Crippen LogP contribution in [0.5, 0.6) is 0 Å². The van der Waals surface area contributed by atoms with Crippen molar-refractivity contribution < 1.29 is 0 Å². The van der Waals surface area contributed by atoms with Gasteiger partial charge in [0.15, 0.2) is 0 Å². The van der Waals surface area contributed by atoms with Gasteiger partial charge in [0.1, 0.15) is 0 Å². The summed E-state index contributed by atoms with van der Waals surface area (Å²) >= 11 is 0. The summed E-state index contributed by atoms with van der Waals surface area (Å²) in [5.41, 5.74) is 0. The van der Waals surface area contributed by atoms with E-state index < -0.39 is 0 Å². The molecule has 16 heavy (non-hydrogen) atoms. The fraction of sp³-hybridized carbons (Fsp3) is 0.154. The van der Waals surface area contributed by atoms with Gasteiger partial charge in [0.2, 0.25) is 0 Å². The molecule has 0 aliphatic rings. The van der Waals surface area contributed by atoms with Gasteiger partial charge in [-0.15, -0.1) is 0 Å². The number of fused-ring (bicyclic) bond motifs is 1. The van der Waals surface area contributed by atoms with E-state index in [-0.39, 0.29) is 0 Å². The van der Waals surface area contributed by atoms with Crippen LogP contribution in [0.25, 0.3) is 10.8 Å². The average Bonchev–Trinajstić information content (AvgIpc) is 2.35. The fourth-order valence-corrected chi connectivity index (χ4v) is 3.50. The zero-order valence-electron chi connectivity index (χ0n) is 9.07. The predicted octanol–water partition coefficient (Wildman–Crippen LogP) is 4.97. The summed E-state index contributed by atoms with van der Waals surface area (Å²) in [6.45, 7) is 2.01. The van der Waals surface area contributed by atoms with Gasteiger partial charge in [0, 0.05) is 4.90 Å². The van der Waals surface area contributed by atoms with Gasteiger partial charge in [0.05, 0.1) is 5.04 Å². The normalized spacial score (nSPS) is 10.6. The summed E-state index contributed by atoms with van der Waals surface area (Å²) in [6.07, 6.45) is 0.808. The monoisotopic (exact) mass is 247 g/mol. The maximum Gasteiger partial charge on any atom is 0.0748 e. The number of nitrogens with one attached hydrogen (secondary N) is 1. The van der Waals surface area contributed by atoms with Crippen molar-refractivity contribution in [3.63, 3.8) is 0 Å². The molecule has 0 atom stereocenters. The summed E-state index contributed by atoms with van der Waals surface area (Å²) in [4.78, 5) is 1.24. The molecular weight excluding hydrogens is 234 g/mol. The van der Waals surface area contributed by atoms with Gasteiger partial charge in [-0.25, -0.2) is 0 Å². The summed E-state index contributed by atoms with van der Waals surface area (Å²) in [7, 11) is 3.22. The first-order valence-corrected chi connectivity index (χ1v) is 7.36. The Labute approximate surface area is 104 Å². The largest absolute Gasteiger partial charge is 0.298 e. The molecule has 0 aliphatic heterocycles. The second-order valence-corrected chi connectivity index (χ2v) is 5.69. The van der Waals surface area contributed by atoms with Crippen molar-refractivity contribution in [3.05, 3.63) is 42.5 Å². The summed E-state index contributed by atoms with van der Waals surface area (Å²) in [5, 5.41) is 10.9. The number of hydrogen-bond donors (Lipinski definition) is 1. The third kappa shape index (κ3) is 2.60. The Morgan fingerprint density at radius 3 is 2.69 bits per heavy atom. The molecule has 0 fully saturated rings. The fourth-order valence-electron chi connectivity index (χ4n) is 1.42. The lowest BCUT2D eigenvalue weighted by Crippen LogP contribution is -1.82. The molecular formula is C13H13NS2. The highest BCUT2D eigenvalue weighted by molar-refractivity contribution is 8.82. The minimum Gasteiger partial charge on any atom is -0.298 e. The molecule has 82 valence electrons. The molecule has 0 unspecified atom stereocenters. The second kappa shape index (κ2) is 5.41. The van der Waals surface area contributed by atoms with Crippen molar-refractivity contribution in [2.24, 2.45) is 0 Å². The van der Waals surface area contributed by atoms with Crippen LogP contribution in [0, 0.1) is 5.41 Å². The number of benzene rings is 2. The molecule has 3 heteroatoms. The van der Waals surface area contributed by atoms with Crippen LogP contribution in [-0.2, 0) is 0 Å². The van der Waals surface area contributed by atoms with Crippen molar-refractivity contribution >= 4 is 37.4 Å². The number of rotatable bonds is 3. The first kappa shape index (κ1) is 11.6. The molecule has 0 spiro atoms. The lowest BCUT2D eigenvalue weighted by atomic mass is 10.1. The highest BCUT2D eigenvalue weighted by atomic mass is 33.1. The minimum atomic E-state index is 0.720. The summed E-state index contributed by atoms with van der Waals surface area (Å²) in [6, 6.07) is 14.7. The summed E-state index contributed by atoms with van der Waals surface area (Å²) in [5.74, 6) is 0. The van der Waals surface area contributed by atoms with Gasteiger partial charge in [-0.05, 0) is 34.1 Å². The van der Waals surface area contributed by atoms with Gasteiger partial charge in [-0.3, -0.25) is 5.41 Å². The molecule has 1 nitrogen and oxygen atoms in total. The smallest absolute Gasteiger partial charge is 0.0748 e. The van der Waals surface area contributed by atoms with Crippen LogP contribution in [0.4, 0.5) is 0 Å². The molecule has 2 aromatic carbocycles. The van der Waals surface area contributed by atoms with Gasteiger partial charge >= 0.3 is 0 Å². The van der Waals surface area contributed by atoms with Crippen LogP contribution in [0.2, 0.25) is 0 Å². The molecule has 1 N–H and O–H groups in total. The van der Waals surface area contributed by atoms with Crippen LogP contribution >= 0.6 is 21.6 Å². The van der Waals surface area contributed by atoms with E-state index in [1.807, 2.05) is 6.92 Å². The van der Waals surface area contributed by atoms with Crippen LogP contribution in [0.1, 0.15) is 13.3 Å². The molecule has 0 heterocycles. The van der Waals surface area contributed by atoms with Crippen LogP contribution in [0.15, 0.2) is 47.4 Å². The Balaban J connectivity index is 2.27. The topological polar surface area (TPSA) is 23.9 Å². The van der Waals surface area contributed by atoms with E-state index in [1.54, 1.807) is 21.6 Å². The Morgan fingerprint density at radius 1 is 1.12 bits per heavy atom. The van der Waals surface area contributed by atoms with Crippen molar-refractivity contribution in [2.45, 2.75) is 18.2 Å². The quantitative estimate of drug-likeness (QED) is 0.470. The lowest BCUT2D eigenvalue weighted by Gasteiger charge is -2.05. The predicted molar refractivity (Wildman–Crippen MR) is 75.4 cm³/mol. The molecule has 0 aromatic heterocycles. The van der Waals surface area contributed by atoms with Crippen molar-refractivity contribution in [3.8, 4) is 0 Å². The Bertz CT molecular complexity index is 503. The van der Waals surface area contributed by atoms with Gasteiger partial charge in [-0.2, -0.15) is 0 Å². The third-order valence-electron chi connectivity index (χ3n) is 2.30. The zero-order chi connectivity index (χ0) is 11.4. The molecule has 2 aromatic rings. The van der Waals surface area contributed by atoms with Crippen LogP contribution < -0.4 is 0 Å². The highest BCUT2D eigenvalue weighted by Crippen LogP contribution is 2.36. The number of hydrogen-bond acceptors (Lipinski definition) is 3. The molecule has 0 radical (unpaired) electrons. The van der Waals surface area contributed by atoms with Gasteiger partial charge in [0.25, 0.3) is 0 Å². The standard InChI is InChI=1S/C13H13NS2/c1-2-13(14)16-15-12-9-5-7-10-6-3-4-8-11(10)12/h3-9,14H,2H2,1H3. The highest BCUT2D eigenvalue weighted by Gasteiger charge is 2.02. The molecule has 0 aliphatic carbocycles. The Kier molecular flexibility index (Phi) is 3.91. The van der Waals surface area contributed by atoms with Crippen molar-refractivity contribution in [1.29, 1.82) is 5.41 Å². The van der Waals surface area contributed by atoms with E-state index >= 15 is 0 Å². The third-order valence-corrected chi connectivity index (χ3v) is 4.80. The van der Waals surface area contributed by atoms with Gasteiger partial charge < -0.3 is 0 Å². The first-order valence-electron chi connectivity index (χ1n) is 5.21. The molecule has 0 bridgehead atoms. The van der Waals surface area contributed by atoms with E-state index in [0.29, 0.717) is 0 Å². The van der Waals surface area contributed by atoms with Crippen molar-refractivity contribution in [2.75, 3.05) is 0 Å².